The Labute approximate surface area is 286 Å². The first-order valence-corrected chi connectivity index (χ1v) is 15.9. The second-order valence-electron chi connectivity index (χ2n) is 11.8. The normalized spacial score (nSPS) is 12.8. The van der Waals surface area contributed by atoms with Gasteiger partial charge in [0.25, 0.3) is 0 Å². The zero-order valence-corrected chi connectivity index (χ0v) is 25.9. The Bertz CT molecular complexity index is 2800. The van der Waals surface area contributed by atoms with Gasteiger partial charge in [-0.25, -0.2) is 0 Å². The van der Waals surface area contributed by atoms with Gasteiger partial charge in [-0.1, -0.05) is 139 Å². The maximum absolute atomic E-state index is 8.54. The van der Waals surface area contributed by atoms with Gasteiger partial charge in [0, 0.05) is 27.5 Å². The van der Waals surface area contributed by atoms with E-state index in [2.05, 4.69) is 95.9 Å². The summed E-state index contributed by atoms with van der Waals surface area (Å²) in [5, 5.41) is 4.32. The van der Waals surface area contributed by atoms with Crippen LogP contribution in [0, 0.1) is 0 Å². The Morgan fingerprint density at radius 3 is 1.69 bits per heavy atom. The van der Waals surface area contributed by atoms with E-state index in [1.165, 1.54) is 0 Å². The van der Waals surface area contributed by atoms with E-state index >= 15 is 0 Å². The Morgan fingerprint density at radius 2 is 0.958 bits per heavy atom. The molecule has 0 unspecified atom stereocenters. The second-order valence-corrected chi connectivity index (χ2v) is 11.8. The molecule has 0 atom stereocenters. The van der Waals surface area contributed by atoms with Crippen molar-refractivity contribution in [3.8, 4) is 33.4 Å². The highest BCUT2D eigenvalue weighted by molar-refractivity contribution is 6.10. The van der Waals surface area contributed by atoms with E-state index in [0.717, 1.165) is 72.0 Å². The van der Waals surface area contributed by atoms with Crippen LogP contribution in [0.3, 0.4) is 0 Å². The third-order valence-corrected chi connectivity index (χ3v) is 8.98. The molecule has 0 spiro atoms. The molecule has 8 aromatic carbocycles. The minimum atomic E-state index is -0.404. The van der Waals surface area contributed by atoms with Crippen molar-refractivity contribution in [2.45, 2.75) is 0 Å². The van der Waals surface area contributed by atoms with Gasteiger partial charge in [0.2, 0.25) is 0 Å². The first kappa shape index (κ1) is 23.0. The molecule has 9 rings (SSSR count). The SMILES string of the molecule is [2H]c1c([2H])c([2H])c(-c2ccc(N(c3ccc(-c4ccccc4)cc3)c3ccc(-c4ccc5oc6ccccc6c5c4)c4ccccc34)cc2)c([2H])c1[2H]. The van der Waals surface area contributed by atoms with Crippen LogP contribution in [0.1, 0.15) is 6.85 Å². The fraction of sp³-hybridized carbons (Fsp3) is 0. The van der Waals surface area contributed by atoms with Crippen molar-refractivity contribution in [1.29, 1.82) is 0 Å². The van der Waals surface area contributed by atoms with Gasteiger partial charge in [-0.15, -0.1) is 0 Å². The zero-order chi connectivity index (χ0) is 36.2. The lowest BCUT2D eigenvalue weighted by Crippen LogP contribution is -2.10. The van der Waals surface area contributed by atoms with Crippen LogP contribution >= 0.6 is 0 Å². The summed E-state index contributed by atoms with van der Waals surface area (Å²) in [4.78, 5) is 2.21. The van der Waals surface area contributed by atoms with Crippen molar-refractivity contribution in [1.82, 2.24) is 0 Å². The molecule has 0 radical (unpaired) electrons. The monoisotopic (exact) mass is 618 g/mol. The lowest BCUT2D eigenvalue weighted by molar-refractivity contribution is 0.669. The van der Waals surface area contributed by atoms with Crippen molar-refractivity contribution in [2.75, 3.05) is 4.90 Å². The fourth-order valence-corrected chi connectivity index (χ4v) is 6.66. The van der Waals surface area contributed by atoms with Gasteiger partial charge in [-0.3, -0.25) is 0 Å². The third-order valence-electron chi connectivity index (χ3n) is 8.98. The topological polar surface area (TPSA) is 16.4 Å². The number of rotatable bonds is 6. The van der Waals surface area contributed by atoms with Crippen LogP contribution in [0.2, 0.25) is 0 Å². The molecular formula is C46H31NO. The Balaban J connectivity index is 1.20. The van der Waals surface area contributed by atoms with Crippen LogP contribution in [0.4, 0.5) is 17.1 Å². The van der Waals surface area contributed by atoms with E-state index in [0.29, 0.717) is 5.56 Å². The molecule has 1 aromatic heterocycles. The number of hydrogen-bond donors (Lipinski definition) is 0. The lowest BCUT2D eigenvalue weighted by atomic mass is 9.95. The molecule has 0 amide bonds. The van der Waals surface area contributed by atoms with E-state index in [1.54, 1.807) is 0 Å². The van der Waals surface area contributed by atoms with Gasteiger partial charge in [-0.05, 0) is 87.3 Å². The van der Waals surface area contributed by atoms with E-state index in [9.17, 15) is 0 Å². The van der Waals surface area contributed by atoms with Gasteiger partial charge in [-0.2, -0.15) is 0 Å². The van der Waals surface area contributed by atoms with Crippen molar-refractivity contribution in [3.63, 3.8) is 0 Å². The Morgan fingerprint density at radius 1 is 0.396 bits per heavy atom. The number of anilines is 3. The molecule has 2 heteroatoms. The largest absolute Gasteiger partial charge is 0.456 e. The van der Waals surface area contributed by atoms with E-state index in [1.807, 2.05) is 66.7 Å². The fourth-order valence-electron chi connectivity index (χ4n) is 6.66. The standard InChI is InChI=1S/C46H31NO/c1-3-11-32(12-4-1)34-19-24-37(25-20-34)47(38-26-21-35(22-27-38)33-13-5-2-6-14-33)44-29-28-39(40-15-7-8-16-41(40)44)36-23-30-46-43(31-36)42-17-9-10-18-45(42)48-46/h1-31H/i1D,3D,4D,11D,12D. The summed E-state index contributed by atoms with van der Waals surface area (Å²) in [7, 11) is 0. The van der Waals surface area contributed by atoms with Crippen LogP contribution in [0.15, 0.2) is 192 Å². The van der Waals surface area contributed by atoms with Gasteiger partial charge < -0.3 is 9.32 Å². The summed E-state index contributed by atoms with van der Waals surface area (Å²) >= 11 is 0. The summed E-state index contributed by atoms with van der Waals surface area (Å²) in [6.45, 7) is 0. The highest BCUT2D eigenvalue weighted by Gasteiger charge is 2.18. The average Bonchev–Trinajstić information content (AvgIpc) is 3.59. The number of fused-ring (bicyclic) bond motifs is 4. The molecule has 0 saturated heterocycles. The summed E-state index contributed by atoms with van der Waals surface area (Å²) in [6.07, 6.45) is 0. The maximum atomic E-state index is 8.54. The number of benzene rings is 8. The Hall–Kier alpha value is -6.38. The molecule has 2 nitrogen and oxygen atoms in total. The molecule has 0 bridgehead atoms. The quantitative estimate of drug-likeness (QED) is 0.184. The van der Waals surface area contributed by atoms with Crippen LogP contribution in [-0.2, 0) is 0 Å². The van der Waals surface area contributed by atoms with Crippen LogP contribution in [0.25, 0.3) is 66.1 Å². The van der Waals surface area contributed by atoms with Gasteiger partial charge in [0.15, 0.2) is 0 Å². The summed E-state index contributed by atoms with van der Waals surface area (Å²) in [5.41, 5.74) is 9.66. The summed E-state index contributed by atoms with van der Waals surface area (Å²) in [6, 6.07) is 52.0. The molecular weight excluding hydrogens is 583 g/mol. The van der Waals surface area contributed by atoms with Crippen LogP contribution in [-0.4, -0.2) is 0 Å². The van der Waals surface area contributed by atoms with Crippen molar-refractivity contribution in [2.24, 2.45) is 0 Å². The van der Waals surface area contributed by atoms with Gasteiger partial charge in [0.1, 0.15) is 11.2 Å². The molecule has 0 aliphatic carbocycles. The van der Waals surface area contributed by atoms with Gasteiger partial charge in [0.05, 0.1) is 12.5 Å². The molecule has 0 saturated carbocycles. The highest BCUT2D eigenvalue weighted by Crippen LogP contribution is 2.43. The van der Waals surface area contributed by atoms with Crippen LogP contribution in [0.5, 0.6) is 0 Å². The first-order chi connectivity index (χ1) is 25.9. The molecule has 48 heavy (non-hydrogen) atoms. The molecule has 0 aliphatic heterocycles. The number of hydrogen-bond acceptors (Lipinski definition) is 2. The third kappa shape index (κ3) is 4.92. The lowest BCUT2D eigenvalue weighted by Gasteiger charge is -2.28. The molecule has 226 valence electrons. The first-order valence-electron chi connectivity index (χ1n) is 18.4. The van der Waals surface area contributed by atoms with E-state index in [-0.39, 0.29) is 29.7 Å². The minimum absolute atomic E-state index is 0.179. The molecule has 0 aliphatic rings. The zero-order valence-electron chi connectivity index (χ0n) is 30.9. The predicted molar refractivity (Wildman–Crippen MR) is 202 cm³/mol. The molecule has 9 aromatic rings. The minimum Gasteiger partial charge on any atom is -0.456 e. The van der Waals surface area contributed by atoms with Crippen molar-refractivity contribution in [3.05, 3.63) is 188 Å². The number of nitrogens with zero attached hydrogens (tertiary/aromatic N) is 1. The highest BCUT2D eigenvalue weighted by atomic mass is 16.3. The molecule has 0 fully saturated rings. The predicted octanol–water partition coefficient (Wildman–Crippen LogP) is 13.2. The number of para-hydroxylation sites is 1. The molecule has 0 N–H and O–H groups in total. The maximum Gasteiger partial charge on any atom is 0.135 e. The summed E-state index contributed by atoms with van der Waals surface area (Å²) in [5.74, 6) is 0. The van der Waals surface area contributed by atoms with Crippen molar-refractivity contribution < 1.29 is 11.3 Å². The van der Waals surface area contributed by atoms with E-state index in [4.69, 9.17) is 11.3 Å². The Kier molecular flexibility index (Phi) is 5.64. The average molecular weight is 619 g/mol. The second kappa shape index (κ2) is 11.8. The van der Waals surface area contributed by atoms with Crippen LogP contribution < -0.4 is 4.90 Å². The van der Waals surface area contributed by atoms with Gasteiger partial charge >= 0.3 is 0 Å². The van der Waals surface area contributed by atoms with Crippen molar-refractivity contribution >= 4 is 49.8 Å². The number of furan rings is 1. The molecule has 1 heterocycles. The smallest absolute Gasteiger partial charge is 0.135 e. The van der Waals surface area contributed by atoms with E-state index < -0.39 is 6.04 Å². The summed E-state index contributed by atoms with van der Waals surface area (Å²) < 4.78 is 47.6.